The highest BCUT2D eigenvalue weighted by atomic mass is 79.9. The van der Waals surface area contributed by atoms with Crippen LogP contribution in [0, 0.1) is 0 Å². The SMILES string of the molecule is COC(=O)c1cc(O)c2cc(Br)sc2c1. The number of methoxy groups -OCH3 is 1. The molecule has 3 nitrogen and oxygen atoms in total. The van der Waals surface area contributed by atoms with Crippen LogP contribution in [0.25, 0.3) is 10.1 Å². The van der Waals surface area contributed by atoms with E-state index in [1.807, 2.05) is 6.07 Å². The molecule has 15 heavy (non-hydrogen) atoms. The summed E-state index contributed by atoms with van der Waals surface area (Å²) < 4.78 is 6.35. The maximum absolute atomic E-state index is 11.3. The maximum atomic E-state index is 11.3. The van der Waals surface area contributed by atoms with Crippen LogP contribution in [0.3, 0.4) is 0 Å². The molecule has 0 atom stereocenters. The van der Waals surface area contributed by atoms with Gasteiger partial charge in [0.05, 0.1) is 16.5 Å². The fourth-order valence-electron chi connectivity index (χ4n) is 1.33. The smallest absolute Gasteiger partial charge is 0.338 e. The quantitative estimate of drug-likeness (QED) is 0.819. The summed E-state index contributed by atoms with van der Waals surface area (Å²) in [5.41, 5.74) is 0.358. The van der Waals surface area contributed by atoms with E-state index in [2.05, 4.69) is 20.7 Å². The zero-order valence-corrected chi connectivity index (χ0v) is 10.2. The molecule has 0 radical (unpaired) electrons. The number of halogens is 1. The molecule has 1 heterocycles. The monoisotopic (exact) mass is 286 g/mol. The topological polar surface area (TPSA) is 46.5 Å². The van der Waals surface area contributed by atoms with Gasteiger partial charge in [0.2, 0.25) is 0 Å². The van der Waals surface area contributed by atoms with Gasteiger partial charge in [-0.3, -0.25) is 0 Å². The number of thiophene rings is 1. The van der Waals surface area contributed by atoms with Crippen LogP contribution in [0.2, 0.25) is 0 Å². The highest BCUT2D eigenvalue weighted by Gasteiger charge is 2.11. The summed E-state index contributed by atoms with van der Waals surface area (Å²) in [7, 11) is 1.31. The first-order valence-electron chi connectivity index (χ1n) is 4.12. The molecule has 78 valence electrons. The van der Waals surface area contributed by atoms with Crippen molar-refractivity contribution in [2.45, 2.75) is 0 Å². The van der Waals surface area contributed by atoms with E-state index in [9.17, 15) is 9.90 Å². The molecule has 0 amide bonds. The number of ether oxygens (including phenoxy) is 1. The van der Waals surface area contributed by atoms with E-state index in [1.54, 1.807) is 6.07 Å². The predicted octanol–water partition coefficient (Wildman–Crippen LogP) is 3.16. The van der Waals surface area contributed by atoms with Crippen LogP contribution in [-0.4, -0.2) is 18.2 Å². The standard InChI is InChI=1S/C10H7BrO3S/c1-14-10(13)5-2-7(12)6-4-9(11)15-8(6)3-5/h2-4,12H,1H3. The third-order valence-electron chi connectivity index (χ3n) is 2.01. The normalized spacial score (nSPS) is 10.5. The van der Waals surface area contributed by atoms with Crippen molar-refractivity contribution in [1.29, 1.82) is 0 Å². The number of rotatable bonds is 1. The third-order valence-corrected chi connectivity index (χ3v) is 3.59. The molecule has 0 aliphatic carbocycles. The summed E-state index contributed by atoms with van der Waals surface area (Å²) >= 11 is 4.79. The number of carbonyl (C=O) groups is 1. The van der Waals surface area contributed by atoms with E-state index >= 15 is 0 Å². The molecule has 0 fully saturated rings. The zero-order valence-electron chi connectivity index (χ0n) is 7.78. The Morgan fingerprint density at radius 2 is 2.20 bits per heavy atom. The highest BCUT2D eigenvalue weighted by molar-refractivity contribution is 9.11. The Bertz CT molecular complexity index is 533. The van der Waals surface area contributed by atoms with Gasteiger partial charge in [0.1, 0.15) is 5.75 Å². The Hall–Kier alpha value is -1.07. The van der Waals surface area contributed by atoms with Crippen LogP contribution in [0.1, 0.15) is 10.4 Å². The van der Waals surface area contributed by atoms with Crippen LogP contribution in [0.5, 0.6) is 5.75 Å². The van der Waals surface area contributed by atoms with Gasteiger partial charge >= 0.3 is 5.97 Å². The minimum Gasteiger partial charge on any atom is -0.507 e. The molecule has 0 saturated heterocycles. The van der Waals surface area contributed by atoms with Gasteiger partial charge in [-0.2, -0.15) is 0 Å². The van der Waals surface area contributed by atoms with Gasteiger partial charge in [0.15, 0.2) is 0 Å². The molecule has 1 N–H and O–H groups in total. The summed E-state index contributed by atoms with van der Waals surface area (Å²) in [6, 6.07) is 4.93. The average Bonchev–Trinajstić information content (AvgIpc) is 2.58. The fourth-order valence-corrected chi connectivity index (χ4v) is 2.92. The molecule has 5 heteroatoms. The lowest BCUT2D eigenvalue weighted by Crippen LogP contribution is -2.00. The van der Waals surface area contributed by atoms with Gasteiger partial charge in [0, 0.05) is 10.1 Å². The van der Waals surface area contributed by atoms with Crippen LogP contribution >= 0.6 is 27.3 Å². The molecule has 2 rings (SSSR count). The number of hydrogen-bond donors (Lipinski definition) is 1. The molecular weight excluding hydrogens is 280 g/mol. The second-order valence-corrected chi connectivity index (χ2v) is 5.41. The molecule has 1 aromatic carbocycles. The van der Waals surface area contributed by atoms with Gasteiger partial charge < -0.3 is 9.84 Å². The van der Waals surface area contributed by atoms with Crippen molar-refractivity contribution >= 4 is 43.3 Å². The first-order valence-corrected chi connectivity index (χ1v) is 5.73. The second kappa shape index (κ2) is 3.83. The summed E-state index contributed by atoms with van der Waals surface area (Å²) in [5.74, 6) is -0.355. The van der Waals surface area contributed by atoms with Crippen LogP contribution in [0.15, 0.2) is 22.0 Å². The molecular formula is C10H7BrO3S. The van der Waals surface area contributed by atoms with Crippen LogP contribution in [-0.2, 0) is 4.74 Å². The number of carbonyl (C=O) groups excluding carboxylic acids is 1. The predicted molar refractivity (Wildman–Crippen MR) is 62.5 cm³/mol. The lowest BCUT2D eigenvalue weighted by atomic mass is 10.1. The van der Waals surface area contributed by atoms with Gasteiger partial charge in [-0.25, -0.2) is 4.79 Å². The first kappa shape index (κ1) is 10.4. The number of fused-ring (bicyclic) bond motifs is 1. The maximum Gasteiger partial charge on any atom is 0.338 e. The Labute approximate surface area is 98.4 Å². The zero-order chi connectivity index (χ0) is 11.0. The molecule has 0 bridgehead atoms. The molecule has 0 unspecified atom stereocenters. The lowest BCUT2D eigenvalue weighted by Gasteiger charge is -2.00. The highest BCUT2D eigenvalue weighted by Crippen LogP contribution is 2.36. The lowest BCUT2D eigenvalue weighted by molar-refractivity contribution is 0.0600. The van der Waals surface area contributed by atoms with Gasteiger partial charge in [-0.1, -0.05) is 0 Å². The molecule has 0 spiro atoms. The van der Waals surface area contributed by atoms with Crippen LogP contribution in [0.4, 0.5) is 0 Å². The minimum absolute atomic E-state index is 0.0925. The van der Waals surface area contributed by atoms with Crippen molar-refractivity contribution in [2.75, 3.05) is 7.11 Å². The number of aromatic hydroxyl groups is 1. The Balaban J connectivity index is 2.66. The van der Waals surface area contributed by atoms with E-state index in [-0.39, 0.29) is 5.75 Å². The minimum atomic E-state index is -0.447. The van der Waals surface area contributed by atoms with Gasteiger partial charge in [-0.05, 0) is 34.1 Å². The number of esters is 1. The van der Waals surface area contributed by atoms with Gasteiger partial charge in [-0.15, -0.1) is 11.3 Å². The molecule has 0 aliphatic rings. The first-order chi connectivity index (χ1) is 7.11. The van der Waals surface area contributed by atoms with E-state index in [0.29, 0.717) is 5.56 Å². The van der Waals surface area contributed by atoms with Crippen molar-refractivity contribution in [3.05, 3.63) is 27.5 Å². The number of phenols is 1. The number of phenolic OH excluding ortho intramolecular Hbond substituents is 1. The van der Waals surface area contributed by atoms with Crippen molar-refractivity contribution in [1.82, 2.24) is 0 Å². The average molecular weight is 287 g/mol. The summed E-state index contributed by atoms with van der Waals surface area (Å²) in [5, 5.41) is 10.4. The van der Waals surface area contributed by atoms with E-state index in [1.165, 1.54) is 24.5 Å². The molecule has 0 aliphatic heterocycles. The van der Waals surface area contributed by atoms with Crippen molar-refractivity contribution in [3.8, 4) is 5.75 Å². The summed E-state index contributed by atoms with van der Waals surface area (Å²) in [6.45, 7) is 0. The van der Waals surface area contributed by atoms with E-state index in [4.69, 9.17) is 0 Å². The van der Waals surface area contributed by atoms with Gasteiger partial charge in [0.25, 0.3) is 0 Å². The Morgan fingerprint density at radius 3 is 2.87 bits per heavy atom. The molecule has 0 saturated carbocycles. The summed E-state index contributed by atoms with van der Waals surface area (Å²) in [6.07, 6.45) is 0. The molecule has 1 aromatic heterocycles. The largest absolute Gasteiger partial charge is 0.507 e. The summed E-state index contributed by atoms with van der Waals surface area (Å²) in [4.78, 5) is 11.3. The fraction of sp³-hybridized carbons (Fsp3) is 0.100. The van der Waals surface area contributed by atoms with Crippen molar-refractivity contribution in [3.63, 3.8) is 0 Å². The van der Waals surface area contributed by atoms with Crippen molar-refractivity contribution < 1.29 is 14.6 Å². The van der Waals surface area contributed by atoms with Crippen molar-refractivity contribution in [2.24, 2.45) is 0 Å². The third kappa shape index (κ3) is 1.85. The Morgan fingerprint density at radius 1 is 1.47 bits per heavy atom. The number of hydrogen-bond acceptors (Lipinski definition) is 4. The second-order valence-electron chi connectivity index (χ2n) is 2.95. The number of benzene rings is 1. The van der Waals surface area contributed by atoms with E-state index < -0.39 is 5.97 Å². The van der Waals surface area contributed by atoms with E-state index in [0.717, 1.165) is 13.9 Å². The Kier molecular flexibility index (Phi) is 2.67. The molecule has 2 aromatic rings. The van der Waals surface area contributed by atoms with Crippen LogP contribution < -0.4 is 0 Å².